The highest BCUT2D eigenvalue weighted by atomic mass is 16.7. The molecule has 1 saturated heterocycles. The normalized spacial score (nSPS) is 18.9. The summed E-state index contributed by atoms with van der Waals surface area (Å²) >= 11 is 0. The predicted molar refractivity (Wildman–Crippen MR) is 23.0 cm³/mol. The Labute approximate surface area is 40.9 Å². The van der Waals surface area contributed by atoms with Crippen molar-refractivity contribution >= 4 is 5.91 Å². The average Bonchev–Trinajstić information content (AvgIpc) is 1.87. The second kappa shape index (κ2) is 1.26. The molecule has 0 unspecified atom stereocenters. The molecule has 7 heavy (non-hydrogen) atoms. The van der Waals surface area contributed by atoms with E-state index in [0.29, 0.717) is 12.2 Å². The van der Waals surface area contributed by atoms with E-state index in [1.165, 1.54) is 0 Å². The molecule has 1 fully saturated rings. The molecule has 0 saturated carbocycles. The van der Waals surface area contributed by atoms with Crippen LogP contribution in [0.15, 0.2) is 12.3 Å². The average molecular weight is 99.1 g/mol. The molecule has 3 nitrogen and oxygen atoms in total. The minimum atomic E-state index is -0.120. The monoisotopic (exact) mass is 99.0 g/mol. The van der Waals surface area contributed by atoms with Gasteiger partial charge >= 0.3 is 0 Å². The Morgan fingerprint density at radius 2 is 2.57 bits per heavy atom. The van der Waals surface area contributed by atoms with Gasteiger partial charge in [-0.15, -0.1) is 0 Å². The summed E-state index contributed by atoms with van der Waals surface area (Å²) in [5, 5.41) is 0. The van der Waals surface area contributed by atoms with Crippen LogP contribution in [0, 0.1) is 0 Å². The van der Waals surface area contributed by atoms with Crippen LogP contribution in [-0.2, 0) is 9.63 Å². The first-order chi connectivity index (χ1) is 3.29. The van der Waals surface area contributed by atoms with Crippen molar-refractivity contribution in [3.05, 3.63) is 12.3 Å². The molecule has 1 aliphatic rings. The molecule has 0 radical (unpaired) electrons. The van der Waals surface area contributed by atoms with Crippen LogP contribution in [0.1, 0.15) is 6.42 Å². The van der Waals surface area contributed by atoms with Crippen molar-refractivity contribution in [1.29, 1.82) is 0 Å². The maximum Gasteiger partial charge on any atom is 0.260 e. The first-order valence-corrected chi connectivity index (χ1v) is 1.92. The second-order valence-corrected chi connectivity index (χ2v) is 1.34. The third kappa shape index (κ3) is 0.707. The number of rotatable bonds is 0. The third-order valence-electron chi connectivity index (χ3n) is 0.667. The molecule has 0 aromatic heterocycles. The first-order valence-electron chi connectivity index (χ1n) is 1.92. The lowest BCUT2D eigenvalue weighted by atomic mass is 10.4. The van der Waals surface area contributed by atoms with Crippen LogP contribution in [0.5, 0.6) is 0 Å². The van der Waals surface area contributed by atoms with Gasteiger partial charge < -0.3 is 4.84 Å². The quantitative estimate of drug-likeness (QED) is 0.462. The van der Waals surface area contributed by atoms with E-state index in [1.807, 2.05) is 0 Å². The zero-order chi connectivity index (χ0) is 5.28. The molecular weight excluding hydrogens is 94.0 g/mol. The van der Waals surface area contributed by atoms with Gasteiger partial charge in [-0.05, 0) is 0 Å². The molecule has 0 atom stereocenters. The Morgan fingerprint density at radius 3 is 2.71 bits per heavy atom. The zero-order valence-corrected chi connectivity index (χ0v) is 3.73. The van der Waals surface area contributed by atoms with Crippen molar-refractivity contribution in [2.24, 2.45) is 0 Å². The summed E-state index contributed by atoms with van der Waals surface area (Å²) in [7, 11) is 0. The molecule has 0 bridgehead atoms. The van der Waals surface area contributed by atoms with Gasteiger partial charge in [-0.25, -0.2) is 0 Å². The fourth-order valence-electron chi connectivity index (χ4n) is 0.380. The number of carbonyl (C=O) groups is 1. The van der Waals surface area contributed by atoms with E-state index >= 15 is 0 Å². The fourth-order valence-corrected chi connectivity index (χ4v) is 0.380. The van der Waals surface area contributed by atoms with Gasteiger partial charge in [0.2, 0.25) is 0 Å². The zero-order valence-electron chi connectivity index (χ0n) is 3.73. The van der Waals surface area contributed by atoms with Crippen LogP contribution in [0.4, 0.5) is 0 Å². The smallest absolute Gasteiger partial charge is 0.260 e. The summed E-state index contributed by atoms with van der Waals surface area (Å²) in [6, 6.07) is 0. The minimum absolute atomic E-state index is 0.120. The van der Waals surface area contributed by atoms with Gasteiger partial charge in [-0.3, -0.25) is 4.79 Å². The standard InChI is InChI=1S/C4H5NO2/c1-3-2-4(6)5-7-3/h1-2H2,(H,5,6). The van der Waals surface area contributed by atoms with Gasteiger partial charge in [-0.1, -0.05) is 6.58 Å². The first kappa shape index (κ1) is 4.18. The molecule has 1 N–H and O–H groups in total. The molecule has 0 aromatic rings. The van der Waals surface area contributed by atoms with E-state index in [-0.39, 0.29) is 5.91 Å². The van der Waals surface area contributed by atoms with E-state index in [2.05, 4.69) is 16.9 Å². The molecule has 3 heteroatoms. The molecule has 0 aliphatic carbocycles. The molecular formula is C4H5NO2. The van der Waals surface area contributed by atoms with Gasteiger partial charge in [0, 0.05) is 0 Å². The van der Waals surface area contributed by atoms with Crippen LogP contribution in [0.3, 0.4) is 0 Å². The van der Waals surface area contributed by atoms with E-state index < -0.39 is 0 Å². The predicted octanol–water partition coefficient (Wildman–Crippen LogP) is -0.0484. The van der Waals surface area contributed by atoms with Crippen LogP contribution in [-0.4, -0.2) is 5.91 Å². The van der Waals surface area contributed by atoms with Crippen LogP contribution in [0.25, 0.3) is 0 Å². The summed E-state index contributed by atoms with van der Waals surface area (Å²) < 4.78 is 0. The molecule has 0 aromatic carbocycles. The van der Waals surface area contributed by atoms with E-state index in [1.54, 1.807) is 0 Å². The Morgan fingerprint density at radius 1 is 1.86 bits per heavy atom. The number of hydrogen-bond acceptors (Lipinski definition) is 2. The topological polar surface area (TPSA) is 38.3 Å². The maximum absolute atomic E-state index is 10.2. The highest BCUT2D eigenvalue weighted by molar-refractivity contribution is 5.78. The summed E-state index contributed by atoms with van der Waals surface area (Å²) in [6.07, 6.45) is 0.306. The van der Waals surface area contributed by atoms with Gasteiger partial charge in [0.15, 0.2) is 0 Å². The Bertz CT molecular complexity index is 105. The number of carbonyl (C=O) groups excluding carboxylic acids is 1. The molecule has 1 aliphatic heterocycles. The van der Waals surface area contributed by atoms with Crippen LogP contribution >= 0.6 is 0 Å². The Kier molecular flexibility index (Phi) is 0.749. The summed E-state index contributed by atoms with van der Waals surface area (Å²) in [5.74, 6) is 0.370. The summed E-state index contributed by atoms with van der Waals surface area (Å²) in [5.41, 5.74) is 2.13. The van der Waals surface area contributed by atoms with Gasteiger partial charge in [0.25, 0.3) is 5.91 Å². The van der Waals surface area contributed by atoms with Crippen molar-refractivity contribution in [2.75, 3.05) is 0 Å². The lowest BCUT2D eigenvalue weighted by molar-refractivity contribution is -0.123. The number of hydroxylamine groups is 1. The number of amides is 1. The van der Waals surface area contributed by atoms with Crippen molar-refractivity contribution in [3.63, 3.8) is 0 Å². The summed E-state index contributed by atoms with van der Waals surface area (Å²) in [4.78, 5) is 14.6. The van der Waals surface area contributed by atoms with Crippen LogP contribution in [0.2, 0.25) is 0 Å². The van der Waals surface area contributed by atoms with Crippen molar-refractivity contribution in [1.82, 2.24) is 5.48 Å². The largest absolute Gasteiger partial charge is 0.384 e. The van der Waals surface area contributed by atoms with Gasteiger partial charge in [-0.2, -0.15) is 5.48 Å². The van der Waals surface area contributed by atoms with E-state index in [9.17, 15) is 4.79 Å². The third-order valence-corrected chi connectivity index (χ3v) is 0.667. The lowest BCUT2D eigenvalue weighted by Gasteiger charge is -1.87. The highest BCUT2D eigenvalue weighted by Gasteiger charge is 2.12. The Balaban J connectivity index is 2.55. The van der Waals surface area contributed by atoms with E-state index in [4.69, 9.17) is 0 Å². The summed E-state index contributed by atoms with van der Waals surface area (Å²) in [6.45, 7) is 3.40. The molecule has 1 heterocycles. The van der Waals surface area contributed by atoms with Gasteiger partial charge in [0.1, 0.15) is 5.76 Å². The molecule has 38 valence electrons. The lowest BCUT2D eigenvalue weighted by Crippen LogP contribution is -2.10. The second-order valence-electron chi connectivity index (χ2n) is 1.34. The fraction of sp³-hybridized carbons (Fsp3) is 0.250. The SMILES string of the molecule is C=C1CC(=O)NO1. The number of hydrogen-bond donors (Lipinski definition) is 1. The minimum Gasteiger partial charge on any atom is -0.384 e. The molecule has 0 spiro atoms. The Hall–Kier alpha value is -0.990. The van der Waals surface area contributed by atoms with E-state index in [0.717, 1.165) is 0 Å². The maximum atomic E-state index is 10.2. The van der Waals surface area contributed by atoms with Crippen molar-refractivity contribution < 1.29 is 9.63 Å². The van der Waals surface area contributed by atoms with Crippen LogP contribution < -0.4 is 5.48 Å². The molecule has 1 amide bonds. The number of nitrogens with one attached hydrogen (secondary N) is 1. The van der Waals surface area contributed by atoms with Crippen molar-refractivity contribution in [2.45, 2.75) is 6.42 Å². The van der Waals surface area contributed by atoms with Gasteiger partial charge in [0.05, 0.1) is 6.42 Å². The van der Waals surface area contributed by atoms with Crippen molar-refractivity contribution in [3.8, 4) is 0 Å². The highest BCUT2D eigenvalue weighted by Crippen LogP contribution is 2.03. The molecule has 1 rings (SSSR count).